The lowest BCUT2D eigenvalue weighted by atomic mass is 9.99. The lowest BCUT2D eigenvalue weighted by Gasteiger charge is -2.15. The summed E-state index contributed by atoms with van der Waals surface area (Å²) in [5.74, 6) is -1.17. The van der Waals surface area contributed by atoms with Gasteiger partial charge in [-0.1, -0.05) is 36.4 Å². The first-order valence-electron chi connectivity index (χ1n) is 14.9. The Morgan fingerprint density at radius 2 is 1.58 bits per heavy atom. The molecule has 0 aliphatic carbocycles. The Morgan fingerprint density at radius 3 is 2.29 bits per heavy atom. The summed E-state index contributed by atoms with van der Waals surface area (Å²) >= 11 is 0. The van der Waals surface area contributed by atoms with Gasteiger partial charge < -0.3 is 20.5 Å². The quantitative estimate of drug-likeness (QED) is 0.164. The van der Waals surface area contributed by atoms with E-state index in [-0.39, 0.29) is 35.1 Å². The van der Waals surface area contributed by atoms with E-state index in [9.17, 15) is 14.0 Å². The normalized spacial score (nSPS) is 10.8. The number of hydrogen-bond donors (Lipinski definition) is 2. The number of benzene rings is 4. The molecule has 1 amide bonds. The first kappa shape index (κ1) is 31.6. The van der Waals surface area contributed by atoms with Gasteiger partial charge in [0.15, 0.2) is 0 Å². The zero-order chi connectivity index (χ0) is 33.6. The number of carbonyl (C=O) groups is 1. The van der Waals surface area contributed by atoms with Gasteiger partial charge in [-0.3, -0.25) is 14.2 Å². The molecule has 2 heterocycles. The summed E-state index contributed by atoms with van der Waals surface area (Å²) < 4.78 is 42.1. The van der Waals surface area contributed by atoms with Gasteiger partial charge in [0.1, 0.15) is 35.3 Å². The molecule has 3 N–H and O–H groups in total. The first-order chi connectivity index (χ1) is 23.3. The number of amides is 1. The predicted molar refractivity (Wildman–Crippen MR) is 179 cm³/mol. The van der Waals surface area contributed by atoms with Crippen molar-refractivity contribution in [2.75, 3.05) is 17.7 Å². The van der Waals surface area contributed by atoms with Crippen LogP contribution in [0.2, 0.25) is 0 Å². The van der Waals surface area contributed by atoms with Crippen LogP contribution in [0.1, 0.15) is 22.8 Å². The van der Waals surface area contributed by atoms with E-state index >= 15 is 4.39 Å². The Kier molecular flexibility index (Phi) is 9.19. The summed E-state index contributed by atoms with van der Waals surface area (Å²) in [6, 6.07) is 25.9. The molecule has 0 unspecified atom stereocenters. The standard InChI is InChI=1S/C37H29F2N5O4/c1-2-47-33-16-17-44(28-12-9-26(38)10-13-28)36(46)34(33)35(45)43-27-11-14-29(31(39)19-27)24-8-15-32(48-22-23-6-4-3-5-7-23)30(18-24)25-20-41-37(40)42-21-25/h3-21H,2,22H2,1H3,(H,43,45)(H2,40,41,42). The molecule has 48 heavy (non-hydrogen) atoms. The fourth-order valence-corrected chi connectivity index (χ4v) is 5.09. The van der Waals surface area contributed by atoms with Crippen LogP contribution in [0.4, 0.5) is 20.4 Å². The second-order valence-electron chi connectivity index (χ2n) is 10.6. The van der Waals surface area contributed by atoms with Crippen molar-refractivity contribution >= 4 is 17.5 Å². The molecule has 0 saturated heterocycles. The van der Waals surface area contributed by atoms with E-state index < -0.39 is 23.1 Å². The second-order valence-corrected chi connectivity index (χ2v) is 10.6. The highest BCUT2D eigenvalue weighted by molar-refractivity contribution is 6.06. The maximum atomic E-state index is 15.7. The van der Waals surface area contributed by atoms with E-state index in [4.69, 9.17) is 15.2 Å². The topological polar surface area (TPSA) is 121 Å². The third-order valence-corrected chi connectivity index (χ3v) is 7.42. The van der Waals surface area contributed by atoms with Crippen LogP contribution in [0.5, 0.6) is 11.5 Å². The number of aromatic nitrogens is 3. The Hall–Kier alpha value is -6.36. The average Bonchev–Trinajstić information content (AvgIpc) is 3.09. The van der Waals surface area contributed by atoms with E-state index in [1.54, 1.807) is 37.5 Å². The maximum Gasteiger partial charge on any atom is 0.271 e. The Morgan fingerprint density at radius 1 is 0.833 bits per heavy atom. The zero-order valence-corrected chi connectivity index (χ0v) is 25.7. The van der Waals surface area contributed by atoms with Crippen molar-refractivity contribution in [2.24, 2.45) is 0 Å². The minimum atomic E-state index is -0.794. The molecule has 6 rings (SSSR count). The molecule has 6 aromatic rings. The molecule has 0 spiro atoms. The molecule has 11 heteroatoms. The van der Waals surface area contributed by atoms with Gasteiger partial charge in [-0.2, -0.15) is 0 Å². The fourth-order valence-electron chi connectivity index (χ4n) is 5.09. The minimum Gasteiger partial charge on any atom is -0.493 e. The monoisotopic (exact) mass is 645 g/mol. The molecule has 2 aromatic heterocycles. The lowest BCUT2D eigenvalue weighted by molar-refractivity contribution is 0.102. The zero-order valence-electron chi connectivity index (χ0n) is 25.7. The molecule has 4 aromatic carbocycles. The van der Waals surface area contributed by atoms with Gasteiger partial charge in [0, 0.05) is 46.7 Å². The summed E-state index contributed by atoms with van der Waals surface area (Å²) in [6.07, 6.45) is 4.57. The third kappa shape index (κ3) is 6.90. The SMILES string of the molecule is CCOc1ccn(-c2ccc(F)cc2)c(=O)c1C(=O)Nc1ccc(-c2ccc(OCc3ccccc3)c(-c3cnc(N)nc3)c2)c(F)c1. The van der Waals surface area contributed by atoms with Crippen LogP contribution in [0, 0.1) is 11.6 Å². The van der Waals surface area contributed by atoms with Crippen molar-refractivity contribution in [3.05, 3.63) is 149 Å². The number of anilines is 2. The van der Waals surface area contributed by atoms with Gasteiger partial charge in [0.2, 0.25) is 5.95 Å². The highest BCUT2D eigenvalue weighted by Gasteiger charge is 2.21. The largest absolute Gasteiger partial charge is 0.493 e. The number of ether oxygens (including phenoxy) is 2. The molecule has 0 aliphatic rings. The number of pyridine rings is 1. The first-order valence-corrected chi connectivity index (χ1v) is 14.9. The fraction of sp³-hybridized carbons (Fsp3) is 0.0811. The number of nitrogen functional groups attached to an aromatic ring is 1. The van der Waals surface area contributed by atoms with Crippen LogP contribution in [0.3, 0.4) is 0 Å². The van der Waals surface area contributed by atoms with Crippen LogP contribution in [0.25, 0.3) is 27.9 Å². The predicted octanol–water partition coefficient (Wildman–Crippen LogP) is 7.05. The van der Waals surface area contributed by atoms with Crippen LogP contribution >= 0.6 is 0 Å². The second kappa shape index (κ2) is 14.0. The summed E-state index contributed by atoms with van der Waals surface area (Å²) in [6.45, 7) is 2.23. The number of nitrogens with zero attached hydrogens (tertiary/aromatic N) is 3. The molecule has 0 bridgehead atoms. The number of rotatable bonds is 10. The van der Waals surface area contributed by atoms with Gasteiger partial charge in [0.25, 0.3) is 11.5 Å². The van der Waals surface area contributed by atoms with Crippen molar-refractivity contribution in [1.29, 1.82) is 0 Å². The number of carbonyl (C=O) groups excluding carboxylic acids is 1. The molecule has 240 valence electrons. The van der Waals surface area contributed by atoms with Crippen molar-refractivity contribution in [1.82, 2.24) is 14.5 Å². The van der Waals surface area contributed by atoms with E-state index in [2.05, 4.69) is 15.3 Å². The smallest absolute Gasteiger partial charge is 0.271 e. The van der Waals surface area contributed by atoms with Crippen LogP contribution in [0.15, 0.2) is 120 Å². The molecule has 0 radical (unpaired) electrons. The molecular formula is C37H29F2N5O4. The van der Waals surface area contributed by atoms with Gasteiger partial charge in [-0.15, -0.1) is 0 Å². The summed E-state index contributed by atoms with van der Waals surface area (Å²) in [5, 5.41) is 2.61. The molecule has 0 fully saturated rings. The van der Waals surface area contributed by atoms with Crippen molar-refractivity contribution in [2.45, 2.75) is 13.5 Å². The van der Waals surface area contributed by atoms with Gasteiger partial charge in [-0.05, 0) is 78.7 Å². The van der Waals surface area contributed by atoms with Gasteiger partial charge >= 0.3 is 0 Å². The third-order valence-electron chi connectivity index (χ3n) is 7.42. The van der Waals surface area contributed by atoms with Crippen molar-refractivity contribution < 1.29 is 23.0 Å². The van der Waals surface area contributed by atoms with Gasteiger partial charge in [-0.25, -0.2) is 18.7 Å². The molecule has 0 saturated carbocycles. The summed E-state index contributed by atoms with van der Waals surface area (Å²) in [5.41, 5.74) is 8.23. The highest BCUT2D eigenvalue weighted by Crippen LogP contribution is 2.36. The van der Waals surface area contributed by atoms with Crippen LogP contribution < -0.4 is 26.1 Å². The Labute approximate surface area is 274 Å². The van der Waals surface area contributed by atoms with E-state index in [0.717, 1.165) is 5.56 Å². The summed E-state index contributed by atoms with van der Waals surface area (Å²) in [4.78, 5) is 35.1. The molecule has 0 aliphatic heterocycles. The Bertz CT molecular complexity index is 2140. The van der Waals surface area contributed by atoms with Crippen LogP contribution in [-0.2, 0) is 6.61 Å². The number of hydrogen-bond acceptors (Lipinski definition) is 7. The van der Waals surface area contributed by atoms with Gasteiger partial charge in [0.05, 0.1) is 6.61 Å². The average molecular weight is 646 g/mol. The number of nitrogens with two attached hydrogens (primary N) is 1. The van der Waals surface area contributed by atoms with Crippen LogP contribution in [-0.4, -0.2) is 27.0 Å². The lowest BCUT2D eigenvalue weighted by Crippen LogP contribution is -2.29. The molecule has 0 atom stereocenters. The minimum absolute atomic E-state index is 0.0594. The number of halogens is 2. The Balaban J connectivity index is 1.29. The molecule has 9 nitrogen and oxygen atoms in total. The van der Waals surface area contributed by atoms with E-state index in [1.165, 1.54) is 59.3 Å². The van der Waals surface area contributed by atoms with E-state index in [1.807, 2.05) is 30.3 Å². The highest BCUT2D eigenvalue weighted by atomic mass is 19.1. The van der Waals surface area contributed by atoms with E-state index in [0.29, 0.717) is 34.7 Å². The van der Waals surface area contributed by atoms with Crippen molar-refractivity contribution in [3.8, 4) is 39.4 Å². The van der Waals surface area contributed by atoms with Crippen molar-refractivity contribution in [3.63, 3.8) is 0 Å². The number of nitrogens with one attached hydrogen (secondary N) is 1. The molecular weight excluding hydrogens is 616 g/mol. The maximum absolute atomic E-state index is 15.7. The summed E-state index contributed by atoms with van der Waals surface area (Å²) in [7, 11) is 0.